The summed E-state index contributed by atoms with van der Waals surface area (Å²) in [7, 11) is -3.76. The predicted molar refractivity (Wildman–Crippen MR) is 73.7 cm³/mol. The minimum Gasteiger partial charge on any atom is -0.491 e. The van der Waals surface area contributed by atoms with Gasteiger partial charge in [0.2, 0.25) is 15.9 Å². The van der Waals surface area contributed by atoms with Crippen LogP contribution < -0.4 is 15.2 Å². The van der Waals surface area contributed by atoms with Crippen LogP contribution in [0, 0.1) is 0 Å². The maximum atomic E-state index is 11.7. The average Bonchev–Trinajstić information content (AvgIpc) is 2.78. The first-order chi connectivity index (χ1) is 9.41. The summed E-state index contributed by atoms with van der Waals surface area (Å²) in [6, 6.07) is 4.10. The van der Waals surface area contributed by atoms with E-state index in [1.54, 1.807) is 6.07 Å². The predicted octanol–water partition coefficient (Wildman–Crippen LogP) is 1.07. The molecule has 2 rings (SSSR count). The third-order valence-electron chi connectivity index (χ3n) is 3.18. The van der Waals surface area contributed by atoms with Crippen molar-refractivity contribution in [2.45, 2.75) is 37.1 Å². The monoisotopic (exact) mass is 298 g/mol. The zero-order valence-electron chi connectivity index (χ0n) is 11.3. The van der Waals surface area contributed by atoms with Crippen LogP contribution in [-0.2, 0) is 14.8 Å². The van der Waals surface area contributed by atoms with Crippen molar-refractivity contribution >= 4 is 15.9 Å². The first kappa shape index (κ1) is 14.8. The van der Waals surface area contributed by atoms with Gasteiger partial charge in [-0.05, 0) is 24.6 Å². The van der Waals surface area contributed by atoms with E-state index in [1.165, 1.54) is 12.1 Å². The summed E-state index contributed by atoms with van der Waals surface area (Å²) in [5.41, 5.74) is 0.654. The van der Waals surface area contributed by atoms with Gasteiger partial charge in [0.25, 0.3) is 0 Å². The van der Waals surface area contributed by atoms with Gasteiger partial charge in [0.05, 0.1) is 10.9 Å². The Morgan fingerprint density at radius 3 is 2.90 bits per heavy atom. The van der Waals surface area contributed by atoms with Crippen molar-refractivity contribution in [3.8, 4) is 5.75 Å². The SMILES string of the molecule is CCCCC(=O)NC1COc2ccc(S(N)(=O)=O)cc21. The summed E-state index contributed by atoms with van der Waals surface area (Å²) in [5, 5.41) is 7.96. The second-order valence-corrected chi connectivity index (χ2v) is 6.34. The molecule has 0 saturated heterocycles. The van der Waals surface area contributed by atoms with Crippen LogP contribution in [0.1, 0.15) is 37.8 Å². The van der Waals surface area contributed by atoms with E-state index in [1.807, 2.05) is 6.92 Å². The van der Waals surface area contributed by atoms with Crippen molar-refractivity contribution in [3.63, 3.8) is 0 Å². The summed E-state index contributed by atoms with van der Waals surface area (Å²) in [4.78, 5) is 11.8. The molecule has 20 heavy (non-hydrogen) atoms. The molecule has 0 bridgehead atoms. The molecule has 1 aromatic rings. The quantitative estimate of drug-likeness (QED) is 0.849. The van der Waals surface area contributed by atoms with Crippen LogP contribution in [0.25, 0.3) is 0 Å². The van der Waals surface area contributed by atoms with Crippen LogP contribution in [0.5, 0.6) is 5.75 Å². The van der Waals surface area contributed by atoms with Gasteiger partial charge in [0.1, 0.15) is 12.4 Å². The minimum absolute atomic E-state index is 0.0227. The van der Waals surface area contributed by atoms with Gasteiger partial charge in [0, 0.05) is 12.0 Å². The van der Waals surface area contributed by atoms with E-state index >= 15 is 0 Å². The number of unbranched alkanes of at least 4 members (excludes halogenated alkanes) is 1. The first-order valence-electron chi connectivity index (χ1n) is 6.50. The summed E-state index contributed by atoms with van der Waals surface area (Å²) in [6.45, 7) is 2.32. The van der Waals surface area contributed by atoms with Crippen molar-refractivity contribution in [1.82, 2.24) is 5.32 Å². The summed E-state index contributed by atoms with van der Waals surface area (Å²) in [6.07, 6.45) is 2.22. The van der Waals surface area contributed by atoms with Crippen LogP contribution in [0.2, 0.25) is 0 Å². The number of benzene rings is 1. The molecular formula is C13H18N2O4S. The molecule has 1 aliphatic rings. The standard InChI is InChI=1S/C13H18N2O4S/c1-2-3-4-13(16)15-11-8-19-12-6-5-9(7-10(11)12)20(14,17)18/h5-7,11H,2-4,8H2,1H3,(H,15,16)(H2,14,17,18). The van der Waals surface area contributed by atoms with E-state index in [9.17, 15) is 13.2 Å². The van der Waals surface area contributed by atoms with E-state index in [4.69, 9.17) is 9.88 Å². The number of hydrogen-bond acceptors (Lipinski definition) is 4. The zero-order chi connectivity index (χ0) is 14.8. The fourth-order valence-electron chi connectivity index (χ4n) is 2.09. The Bertz CT molecular complexity index is 613. The van der Waals surface area contributed by atoms with E-state index in [2.05, 4.69) is 5.32 Å². The van der Waals surface area contributed by atoms with E-state index in [0.29, 0.717) is 24.3 Å². The number of ether oxygens (including phenoxy) is 1. The second-order valence-electron chi connectivity index (χ2n) is 4.78. The molecule has 0 saturated carbocycles. The number of amides is 1. The first-order valence-corrected chi connectivity index (χ1v) is 8.05. The van der Waals surface area contributed by atoms with Crippen molar-refractivity contribution in [2.24, 2.45) is 5.14 Å². The fraction of sp³-hybridized carbons (Fsp3) is 0.462. The maximum Gasteiger partial charge on any atom is 0.238 e. The minimum atomic E-state index is -3.76. The molecule has 0 radical (unpaired) electrons. The molecule has 1 aliphatic heterocycles. The van der Waals surface area contributed by atoms with Crippen LogP contribution in [0.4, 0.5) is 0 Å². The second kappa shape index (κ2) is 5.80. The lowest BCUT2D eigenvalue weighted by atomic mass is 10.1. The van der Waals surface area contributed by atoms with Crippen molar-refractivity contribution < 1.29 is 17.9 Å². The molecule has 3 N–H and O–H groups in total. The Labute approximate surface area is 118 Å². The van der Waals surface area contributed by atoms with Gasteiger partial charge >= 0.3 is 0 Å². The van der Waals surface area contributed by atoms with E-state index in [-0.39, 0.29) is 16.8 Å². The lowest BCUT2D eigenvalue weighted by molar-refractivity contribution is -0.122. The highest BCUT2D eigenvalue weighted by molar-refractivity contribution is 7.89. The van der Waals surface area contributed by atoms with Crippen molar-refractivity contribution in [3.05, 3.63) is 23.8 Å². The van der Waals surface area contributed by atoms with Gasteiger partial charge in [-0.3, -0.25) is 4.79 Å². The smallest absolute Gasteiger partial charge is 0.238 e. The van der Waals surface area contributed by atoms with E-state index in [0.717, 1.165) is 12.8 Å². The molecule has 1 amide bonds. The number of nitrogens with one attached hydrogen (secondary N) is 1. The Morgan fingerprint density at radius 1 is 1.50 bits per heavy atom. The van der Waals surface area contributed by atoms with Crippen LogP contribution >= 0.6 is 0 Å². The Balaban J connectivity index is 2.17. The highest BCUT2D eigenvalue weighted by Crippen LogP contribution is 2.33. The van der Waals surface area contributed by atoms with Crippen LogP contribution in [0.3, 0.4) is 0 Å². The summed E-state index contributed by atoms with van der Waals surface area (Å²) < 4.78 is 28.1. The molecule has 1 unspecified atom stereocenters. The lowest BCUT2D eigenvalue weighted by Crippen LogP contribution is -2.29. The molecule has 1 atom stereocenters. The molecule has 7 heteroatoms. The number of sulfonamides is 1. The number of rotatable bonds is 5. The Kier molecular flexibility index (Phi) is 4.29. The molecule has 0 fully saturated rings. The molecule has 1 heterocycles. The zero-order valence-corrected chi connectivity index (χ0v) is 12.1. The lowest BCUT2D eigenvalue weighted by Gasteiger charge is -2.12. The molecular weight excluding hydrogens is 280 g/mol. The number of nitrogens with two attached hydrogens (primary N) is 1. The topological polar surface area (TPSA) is 98.5 Å². The number of fused-ring (bicyclic) bond motifs is 1. The molecule has 0 spiro atoms. The number of carbonyl (C=O) groups is 1. The Morgan fingerprint density at radius 2 is 2.25 bits per heavy atom. The molecule has 0 aromatic heterocycles. The summed E-state index contributed by atoms with van der Waals surface area (Å²) in [5.74, 6) is 0.521. The third kappa shape index (κ3) is 3.29. The van der Waals surface area contributed by atoms with E-state index < -0.39 is 10.0 Å². The van der Waals surface area contributed by atoms with Gasteiger partial charge in [-0.25, -0.2) is 13.6 Å². The van der Waals surface area contributed by atoms with Crippen LogP contribution in [-0.4, -0.2) is 20.9 Å². The summed E-state index contributed by atoms with van der Waals surface area (Å²) >= 11 is 0. The van der Waals surface area contributed by atoms with Crippen molar-refractivity contribution in [1.29, 1.82) is 0 Å². The highest BCUT2D eigenvalue weighted by atomic mass is 32.2. The molecule has 0 aliphatic carbocycles. The highest BCUT2D eigenvalue weighted by Gasteiger charge is 2.27. The van der Waals surface area contributed by atoms with Gasteiger partial charge in [0.15, 0.2) is 0 Å². The van der Waals surface area contributed by atoms with Crippen LogP contribution in [0.15, 0.2) is 23.1 Å². The Hall–Kier alpha value is -1.60. The molecule has 1 aromatic carbocycles. The van der Waals surface area contributed by atoms with Crippen molar-refractivity contribution in [2.75, 3.05) is 6.61 Å². The van der Waals surface area contributed by atoms with Gasteiger partial charge in [-0.1, -0.05) is 13.3 Å². The largest absolute Gasteiger partial charge is 0.491 e. The number of primary sulfonamides is 1. The van der Waals surface area contributed by atoms with Gasteiger partial charge in [-0.15, -0.1) is 0 Å². The number of hydrogen-bond donors (Lipinski definition) is 2. The maximum absolute atomic E-state index is 11.7. The normalized spacial score (nSPS) is 17.4. The molecule has 6 nitrogen and oxygen atoms in total. The fourth-order valence-corrected chi connectivity index (χ4v) is 2.64. The third-order valence-corrected chi connectivity index (χ3v) is 4.09. The van der Waals surface area contributed by atoms with Gasteiger partial charge in [-0.2, -0.15) is 0 Å². The number of carbonyl (C=O) groups excluding carboxylic acids is 1. The molecule has 110 valence electrons. The average molecular weight is 298 g/mol. The van der Waals surface area contributed by atoms with Gasteiger partial charge < -0.3 is 10.1 Å².